The molecule has 6 heteroatoms. The highest BCUT2D eigenvalue weighted by Gasteiger charge is 2.26. The van der Waals surface area contributed by atoms with Crippen molar-refractivity contribution in [1.82, 2.24) is 4.72 Å². The van der Waals surface area contributed by atoms with Crippen molar-refractivity contribution in [2.45, 2.75) is 30.2 Å². The SMILES string of the molecule is O=S(=O)(NC1CCCc2sccc21)c1ccc(F)cc1. The molecule has 3 rings (SSSR count). The number of sulfonamides is 1. The zero-order valence-corrected chi connectivity index (χ0v) is 12.3. The van der Waals surface area contributed by atoms with Gasteiger partial charge in [-0.25, -0.2) is 17.5 Å². The van der Waals surface area contributed by atoms with Gasteiger partial charge in [0.2, 0.25) is 10.0 Å². The quantitative estimate of drug-likeness (QED) is 0.946. The van der Waals surface area contributed by atoms with E-state index >= 15 is 0 Å². The maximum atomic E-state index is 12.9. The molecule has 0 spiro atoms. The molecule has 0 amide bonds. The van der Waals surface area contributed by atoms with Gasteiger partial charge in [-0.3, -0.25) is 0 Å². The largest absolute Gasteiger partial charge is 0.241 e. The molecule has 1 atom stereocenters. The summed E-state index contributed by atoms with van der Waals surface area (Å²) in [4.78, 5) is 1.35. The van der Waals surface area contributed by atoms with Crippen molar-refractivity contribution in [1.29, 1.82) is 0 Å². The topological polar surface area (TPSA) is 46.2 Å². The molecule has 1 aromatic carbocycles. The van der Waals surface area contributed by atoms with E-state index in [0.717, 1.165) is 37.0 Å². The van der Waals surface area contributed by atoms with Crippen LogP contribution in [0.3, 0.4) is 0 Å². The number of halogens is 1. The number of benzene rings is 1. The Bertz CT molecular complexity index is 707. The average Bonchev–Trinajstić information content (AvgIpc) is 2.88. The second-order valence-electron chi connectivity index (χ2n) is 4.82. The number of aryl methyl sites for hydroxylation is 1. The summed E-state index contributed by atoms with van der Waals surface area (Å²) >= 11 is 1.67. The van der Waals surface area contributed by atoms with Crippen LogP contribution in [0.5, 0.6) is 0 Å². The van der Waals surface area contributed by atoms with Gasteiger partial charge in [-0.1, -0.05) is 0 Å². The van der Waals surface area contributed by atoms with Crippen LogP contribution in [0, 0.1) is 5.82 Å². The monoisotopic (exact) mass is 311 g/mol. The molecule has 20 heavy (non-hydrogen) atoms. The zero-order chi connectivity index (χ0) is 14.2. The van der Waals surface area contributed by atoms with Crippen LogP contribution >= 0.6 is 11.3 Å². The number of nitrogens with one attached hydrogen (secondary N) is 1. The normalized spacial score (nSPS) is 18.8. The summed E-state index contributed by atoms with van der Waals surface area (Å²) in [7, 11) is -3.61. The molecule has 3 nitrogen and oxygen atoms in total. The van der Waals surface area contributed by atoms with Gasteiger partial charge in [0.15, 0.2) is 0 Å². The lowest BCUT2D eigenvalue weighted by Crippen LogP contribution is -2.30. The van der Waals surface area contributed by atoms with Crippen LogP contribution in [-0.4, -0.2) is 8.42 Å². The van der Waals surface area contributed by atoms with Crippen LogP contribution in [-0.2, 0) is 16.4 Å². The molecule has 0 radical (unpaired) electrons. The Labute approximate surface area is 121 Å². The second-order valence-corrected chi connectivity index (χ2v) is 7.53. The van der Waals surface area contributed by atoms with Gasteiger partial charge in [0, 0.05) is 10.9 Å². The molecule has 1 aromatic heterocycles. The van der Waals surface area contributed by atoms with E-state index in [4.69, 9.17) is 0 Å². The molecule has 1 aliphatic carbocycles. The van der Waals surface area contributed by atoms with Crippen molar-refractivity contribution in [3.8, 4) is 0 Å². The van der Waals surface area contributed by atoms with Gasteiger partial charge >= 0.3 is 0 Å². The van der Waals surface area contributed by atoms with Crippen LogP contribution in [0.4, 0.5) is 4.39 Å². The van der Waals surface area contributed by atoms with E-state index in [-0.39, 0.29) is 10.9 Å². The maximum absolute atomic E-state index is 12.9. The molecular weight excluding hydrogens is 297 g/mol. The van der Waals surface area contributed by atoms with Gasteiger partial charge in [-0.05, 0) is 60.5 Å². The molecule has 0 saturated heterocycles. The molecule has 0 aliphatic heterocycles. The fraction of sp³-hybridized carbons (Fsp3) is 0.286. The fourth-order valence-corrected chi connectivity index (χ4v) is 4.72. The lowest BCUT2D eigenvalue weighted by atomic mass is 9.95. The van der Waals surface area contributed by atoms with Gasteiger partial charge in [-0.15, -0.1) is 11.3 Å². The minimum absolute atomic E-state index is 0.0984. The van der Waals surface area contributed by atoms with Crippen LogP contribution in [0.2, 0.25) is 0 Å². The molecule has 1 N–H and O–H groups in total. The minimum atomic E-state index is -3.61. The molecule has 2 aromatic rings. The summed E-state index contributed by atoms with van der Waals surface area (Å²) in [6.45, 7) is 0. The van der Waals surface area contributed by atoms with E-state index in [1.54, 1.807) is 11.3 Å². The van der Waals surface area contributed by atoms with Crippen molar-refractivity contribution in [2.24, 2.45) is 0 Å². The summed E-state index contributed by atoms with van der Waals surface area (Å²) in [5, 5.41) is 2.00. The van der Waals surface area contributed by atoms with Gasteiger partial charge in [0.25, 0.3) is 0 Å². The Kier molecular flexibility index (Phi) is 3.62. The molecule has 1 aliphatic rings. The third-order valence-corrected chi connectivity index (χ3v) is 5.96. The van der Waals surface area contributed by atoms with Crippen molar-refractivity contribution >= 4 is 21.4 Å². The minimum Gasteiger partial charge on any atom is -0.207 e. The van der Waals surface area contributed by atoms with Gasteiger partial charge in [0.05, 0.1) is 4.90 Å². The molecular formula is C14H14FNO2S2. The van der Waals surface area contributed by atoms with Crippen molar-refractivity contribution in [2.75, 3.05) is 0 Å². The molecule has 1 unspecified atom stereocenters. The van der Waals surface area contributed by atoms with E-state index in [1.165, 1.54) is 17.0 Å². The third-order valence-electron chi connectivity index (χ3n) is 3.47. The second kappa shape index (κ2) is 5.27. The lowest BCUT2D eigenvalue weighted by Gasteiger charge is -2.23. The molecule has 0 saturated carbocycles. The number of thiophene rings is 1. The first-order valence-corrected chi connectivity index (χ1v) is 8.77. The molecule has 0 fully saturated rings. The highest BCUT2D eigenvalue weighted by molar-refractivity contribution is 7.89. The fourth-order valence-electron chi connectivity index (χ4n) is 2.48. The van der Waals surface area contributed by atoms with Gasteiger partial charge in [0.1, 0.15) is 5.82 Å². The summed E-state index contributed by atoms with van der Waals surface area (Å²) in [5.41, 5.74) is 1.08. The highest BCUT2D eigenvalue weighted by atomic mass is 32.2. The summed E-state index contributed by atoms with van der Waals surface area (Å²) < 4.78 is 40.2. The van der Waals surface area contributed by atoms with E-state index in [0.29, 0.717) is 0 Å². The predicted octanol–water partition coefficient (Wildman–Crippen LogP) is 3.24. The Morgan fingerprint density at radius 3 is 2.70 bits per heavy atom. The molecule has 0 bridgehead atoms. The zero-order valence-electron chi connectivity index (χ0n) is 10.7. The van der Waals surface area contributed by atoms with Crippen molar-refractivity contribution in [3.63, 3.8) is 0 Å². The molecule has 1 heterocycles. The van der Waals surface area contributed by atoms with Crippen LogP contribution < -0.4 is 4.72 Å². The van der Waals surface area contributed by atoms with E-state index in [2.05, 4.69) is 4.72 Å². The highest BCUT2D eigenvalue weighted by Crippen LogP contribution is 2.34. The maximum Gasteiger partial charge on any atom is 0.241 e. The average molecular weight is 311 g/mol. The van der Waals surface area contributed by atoms with Crippen LogP contribution in [0.25, 0.3) is 0 Å². The smallest absolute Gasteiger partial charge is 0.207 e. The van der Waals surface area contributed by atoms with Gasteiger partial charge < -0.3 is 0 Å². The Hall–Kier alpha value is -1.24. The first kappa shape index (κ1) is 13.7. The van der Waals surface area contributed by atoms with Crippen molar-refractivity contribution in [3.05, 3.63) is 52.0 Å². The van der Waals surface area contributed by atoms with Crippen molar-refractivity contribution < 1.29 is 12.8 Å². The first-order valence-electron chi connectivity index (χ1n) is 6.40. The number of hydrogen-bond acceptors (Lipinski definition) is 3. The number of rotatable bonds is 3. The van der Waals surface area contributed by atoms with Crippen LogP contribution in [0.1, 0.15) is 29.3 Å². The Balaban J connectivity index is 1.86. The Morgan fingerprint density at radius 2 is 1.95 bits per heavy atom. The molecule has 106 valence electrons. The lowest BCUT2D eigenvalue weighted by molar-refractivity contribution is 0.511. The van der Waals surface area contributed by atoms with Gasteiger partial charge in [-0.2, -0.15) is 0 Å². The number of fused-ring (bicyclic) bond motifs is 1. The standard InChI is InChI=1S/C14H14FNO2S2/c15-10-4-6-11(7-5-10)20(17,18)16-13-2-1-3-14-12(13)8-9-19-14/h4-9,13,16H,1-3H2. The summed E-state index contributed by atoms with van der Waals surface area (Å²) in [5.74, 6) is -0.443. The van der Waals surface area contributed by atoms with Crippen LogP contribution in [0.15, 0.2) is 40.6 Å². The number of hydrogen-bond donors (Lipinski definition) is 1. The summed E-state index contributed by atoms with van der Waals surface area (Å²) in [6, 6.07) is 6.69. The predicted molar refractivity (Wildman–Crippen MR) is 76.7 cm³/mol. The van der Waals surface area contributed by atoms with E-state index < -0.39 is 15.8 Å². The van der Waals surface area contributed by atoms with E-state index in [1.807, 2.05) is 11.4 Å². The first-order chi connectivity index (χ1) is 9.56. The summed E-state index contributed by atoms with van der Waals surface area (Å²) in [6.07, 6.45) is 2.79. The Morgan fingerprint density at radius 1 is 1.20 bits per heavy atom. The van der Waals surface area contributed by atoms with E-state index in [9.17, 15) is 12.8 Å². The third kappa shape index (κ3) is 2.63.